The fourth-order valence-corrected chi connectivity index (χ4v) is 2.94. The quantitative estimate of drug-likeness (QED) is 0.926. The first-order chi connectivity index (χ1) is 9.46. The number of benzene rings is 1. The van der Waals surface area contributed by atoms with Crippen molar-refractivity contribution in [3.8, 4) is 0 Å². The fraction of sp³-hybridized carbons (Fsp3) is 0.533. The topological polar surface area (TPSA) is 40.5 Å². The molecule has 2 rings (SSSR count). The van der Waals surface area contributed by atoms with Crippen LogP contribution in [0.3, 0.4) is 0 Å². The Morgan fingerprint density at radius 3 is 2.40 bits per heavy atom. The van der Waals surface area contributed by atoms with Gasteiger partial charge in [-0.3, -0.25) is 4.90 Å². The van der Waals surface area contributed by atoms with Crippen LogP contribution in [0, 0.1) is 5.82 Å². The molecular formula is C15H19ClFNO2. The summed E-state index contributed by atoms with van der Waals surface area (Å²) in [5.74, 6) is -1.46. The summed E-state index contributed by atoms with van der Waals surface area (Å²) >= 11 is 5.81. The smallest absolute Gasteiger partial charge is 0.328 e. The lowest BCUT2D eigenvalue weighted by Crippen LogP contribution is -2.50. The first-order valence-corrected chi connectivity index (χ1v) is 7.28. The zero-order valence-corrected chi connectivity index (χ0v) is 12.3. The molecule has 20 heavy (non-hydrogen) atoms. The van der Waals surface area contributed by atoms with E-state index in [1.54, 1.807) is 6.92 Å². The van der Waals surface area contributed by atoms with E-state index in [-0.39, 0.29) is 5.02 Å². The largest absolute Gasteiger partial charge is 0.480 e. The van der Waals surface area contributed by atoms with Crippen LogP contribution in [-0.4, -0.2) is 29.1 Å². The van der Waals surface area contributed by atoms with Crippen LogP contribution in [0.5, 0.6) is 0 Å². The minimum absolute atomic E-state index is 0.0372. The number of nitrogens with zero attached hydrogens (tertiary/aromatic N) is 1. The lowest BCUT2D eigenvalue weighted by Gasteiger charge is -2.37. The number of hydrogen-bond acceptors (Lipinski definition) is 2. The number of aliphatic carboxylic acids is 1. The highest BCUT2D eigenvalue weighted by molar-refractivity contribution is 6.30. The minimum Gasteiger partial charge on any atom is -0.480 e. The molecule has 1 unspecified atom stereocenters. The van der Waals surface area contributed by atoms with E-state index in [0.717, 1.165) is 38.8 Å². The molecule has 0 aromatic heterocycles. The normalized spacial score (nSPS) is 20.1. The Labute approximate surface area is 123 Å². The number of hydrogen-bond donors (Lipinski definition) is 1. The van der Waals surface area contributed by atoms with Gasteiger partial charge in [0.05, 0.1) is 5.02 Å². The number of carbonyl (C=O) groups is 1. The zero-order chi connectivity index (χ0) is 14.8. The molecule has 1 aliphatic rings. The third-order valence-electron chi connectivity index (χ3n) is 4.14. The van der Waals surface area contributed by atoms with E-state index in [4.69, 9.17) is 11.6 Å². The van der Waals surface area contributed by atoms with E-state index in [2.05, 4.69) is 0 Å². The maximum atomic E-state index is 13.3. The molecule has 5 heteroatoms. The molecule has 1 aliphatic heterocycles. The second-order valence-corrected chi connectivity index (χ2v) is 5.81. The van der Waals surface area contributed by atoms with Crippen molar-refractivity contribution in [1.29, 1.82) is 0 Å². The maximum absolute atomic E-state index is 13.3. The highest BCUT2D eigenvalue weighted by Crippen LogP contribution is 2.33. The number of carboxylic acids is 1. The third-order valence-corrected chi connectivity index (χ3v) is 4.43. The minimum atomic E-state index is -1.16. The highest BCUT2D eigenvalue weighted by atomic mass is 35.5. The molecule has 1 fully saturated rings. The van der Waals surface area contributed by atoms with E-state index in [9.17, 15) is 14.3 Å². The number of carboxylic acid groups (broad SMARTS) is 1. The molecule has 1 N–H and O–H groups in total. The van der Waals surface area contributed by atoms with Gasteiger partial charge >= 0.3 is 5.97 Å². The summed E-state index contributed by atoms with van der Waals surface area (Å²) in [5.41, 5.74) is -0.639. The van der Waals surface area contributed by atoms with Gasteiger partial charge in [-0.25, -0.2) is 9.18 Å². The van der Waals surface area contributed by atoms with Crippen LogP contribution in [0.15, 0.2) is 18.2 Å². The van der Waals surface area contributed by atoms with Gasteiger partial charge in [0.25, 0.3) is 0 Å². The molecule has 0 saturated carbocycles. The number of rotatable bonds is 3. The van der Waals surface area contributed by atoms with E-state index in [0.29, 0.717) is 5.56 Å². The SMILES string of the molecule is CC(C(=O)O)(c1ccc(F)c(Cl)c1)N1CCCCCC1. The van der Waals surface area contributed by atoms with Crippen LogP contribution < -0.4 is 0 Å². The molecule has 1 aromatic rings. The molecule has 3 nitrogen and oxygen atoms in total. The lowest BCUT2D eigenvalue weighted by molar-refractivity contribution is -0.151. The monoisotopic (exact) mass is 299 g/mol. The molecule has 0 radical (unpaired) electrons. The van der Waals surface area contributed by atoms with E-state index < -0.39 is 17.3 Å². The zero-order valence-electron chi connectivity index (χ0n) is 11.5. The van der Waals surface area contributed by atoms with E-state index >= 15 is 0 Å². The van der Waals surface area contributed by atoms with E-state index in [1.165, 1.54) is 18.2 Å². The second-order valence-electron chi connectivity index (χ2n) is 5.41. The Morgan fingerprint density at radius 2 is 1.90 bits per heavy atom. The van der Waals surface area contributed by atoms with Crippen LogP contribution in [0.25, 0.3) is 0 Å². The molecule has 1 atom stereocenters. The molecule has 0 spiro atoms. The van der Waals surface area contributed by atoms with Crippen molar-refractivity contribution in [3.05, 3.63) is 34.6 Å². The summed E-state index contributed by atoms with van der Waals surface area (Å²) in [5, 5.41) is 9.67. The number of likely N-dealkylation sites (tertiary alicyclic amines) is 1. The first kappa shape index (κ1) is 15.3. The van der Waals surface area contributed by atoms with Crippen molar-refractivity contribution in [3.63, 3.8) is 0 Å². The van der Waals surface area contributed by atoms with Crippen molar-refractivity contribution < 1.29 is 14.3 Å². The molecular weight excluding hydrogens is 281 g/mol. The van der Waals surface area contributed by atoms with Gasteiger partial charge in [0.15, 0.2) is 0 Å². The Balaban J connectivity index is 2.41. The number of halogens is 2. The van der Waals surface area contributed by atoms with Crippen molar-refractivity contribution in [2.24, 2.45) is 0 Å². The summed E-state index contributed by atoms with van der Waals surface area (Å²) in [6, 6.07) is 4.17. The molecule has 1 saturated heterocycles. The average molecular weight is 300 g/mol. The summed E-state index contributed by atoms with van der Waals surface area (Å²) in [6.45, 7) is 3.14. The predicted molar refractivity (Wildman–Crippen MR) is 76.4 cm³/mol. The fourth-order valence-electron chi connectivity index (χ4n) is 2.76. The Kier molecular flexibility index (Phi) is 4.66. The van der Waals surface area contributed by atoms with Gasteiger partial charge in [-0.15, -0.1) is 0 Å². The Morgan fingerprint density at radius 1 is 1.30 bits per heavy atom. The van der Waals surface area contributed by atoms with Gasteiger partial charge in [-0.2, -0.15) is 0 Å². The van der Waals surface area contributed by atoms with Gasteiger partial charge in [0.1, 0.15) is 11.4 Å². The van der Waals surface area contributed by atoms with Crippen molar-refractivity contribution in [1.82, 2.24) is 4.90 Å². The van der Waals surface area contributed by atoms with Gasteiger partial charge in [-0.1, -0.05) is 30.5 Å². The first-order valence-electron chi connectivity index (χ1n) is 6.90. The summed E-state index contributed by atoms with van der Waals surface area (Å²) in [6.07, 6.45) is 4.21. The second kappa shape index (κ2) is 6.10. The third kappa shape index (κ3) is 2.81. The molecule has 0 amide bonds. The van der Waals surface area contributed by atoms with Gasteiger partial charge in [0.2, 0.25) is 0 Å². The molecule has 1 aromatic carbocycles. The predicted octanol–water partition coefficient (Wildman–Crippen LogP) is 3.65. The highest BCUT2D eigenvalue weighted by Gasteiger charge is 2.41. The maximum Gasteiger partial charge on any atom is 0.328 e. The van der Waals surface area contributed by atoms with Gasteiger partial charge < -0.3 is 5.11 Å². The van der Waals surface area contributed by atoms with Crippen LogP contribution in [0.1, 0.15) is 38.2 Å². The standard InChI is InChI=1S/C15H19ClFNO2/c1-15(14(19)20,18-8-4-2-3-5-9-18)11-6-7-13(17)12(16)10-11/h6-7,10H,2-5,8-9H2,1H3,(H,19,20). The molecule has 0 bridgehead atoms. The molecule has 0 aliphatic carbocycles. The van der Waals surface area contributed by atoms with Crippen LogP contribution in [0.4, 0.5) is 4.39 Å². The Hall–Kier alpha value is -1.13. The Bertz CT molecular complexity index is 501. The van der Waals surface area contributed by atoms with E-state index in [1.807, 2.05) is 4.90 Å². The lowest BCUT2D eigenvalue weighted by atomic mass is 9.89. The van der Waals surface area contributed by atoms with Gasteiger partial charge in [-0.05, 0) is 50.6 Å². The van der Waals surface area contributed by atoms with Crippen LogP contribution in [-0.2, 0) is 10.3 Å². The summed E-state index contributed by atoms with van der Waals surface area (Å²) in [7, 11) is 0. The van der Waals surface area contributed by atoms with Crippen molar-refractivity contribution in [2.45, 2.75) is 38.1 Å². The van der Waals surface area contributed by atoms with Gasteiger partial charge in [0, 0.05) is 0 Å². The van der Waals surface area contributed by atoms with Crippen molar-refractivity contribution >= 4 is 17.6 Å². The molecule has 110 valence electrons. The summed E-state index contributed by atoms with van der Waals surface area (Å²) in [4.78, 5) is 13.8. The van der Waals surface area contributed by atoms with Crippen LogP contribution >= 0.6 is 11.6 Å². The summed E-state index contributed by atoms with van der Waals surface area (Å²) < 4.78 is 13.3. The molecule has 1 heterocycles. The average Bonchev–Trinajstić information content (AvgIpc) is 2.70. The van der Waals surface area contributed by atoms with Crippen LogP contribution in [0.2, 0.25) is 5.02 Å². The van der Waals surface area contributed by atoms with Crippen molar-refractivity contribution in [2.75, 3.05) is 13.1 Å².